The molecule has 1 aromatic rings. The Bertz CT molecular complexity index is 614. The molecule has 2 rings (SSSR count). The molecule has 20 heavy (non-hydrogen) atoms. The first kappa shape index (κ1) is 15.4. The summed E-state index contributed by atoms with van der Waals surface area (Å²) < 4.78 is 27.7. The Labute approximate surface area is 124 Å². The number of halogens is 1. The number of aryl methyl sites for hydroxylation is 1. The Morgan fingerprint density at radius 3 is 2.35 bits per heavy atom. The second-order valence-electron chi connectivity index (χ2n) is 5.08. The van der Waals surface area contributed by atoms with Crippen molar-refractivity contribution in [3.8, 4) is 0 Å². The maximum absolute atomic E-state index is 12.5. The molecule has 1 fully saturated rings. The van der Waals surface area contributed by atoms with Crippen molar-refractivity contribution in [1.82, 2.24) is 19.3 Å². The van der Waals surface area contributed by atoms with Gasteiger partial charge in [0, 0.05) is 20.1 Å². The normalized spacial score (nSPS) is 19.9. The van der Waals surface area contributed by atoms with Crippen LogP contribution in [-0.2, 0) is 21.9 Å². The molecule has 2 heterocycles. The molecule has 1 saturated heterocycles. The molecule has 1 aliphatic heterocycles. The minimum Gasteiger partial charge on any atom is -0.481 e. The first-order valence-corrected chi connectivity index (χ1v) is 8.20. The van der Waals surface area contributed by atoms with Crippen LogP contribution in [0.2, 0.25) is 0 Å². The van der Waals surface area contributed by atoms with Gasteiger partial charge in [0.05, 0.1) is 5.41 Å². The van der Waals surface area contributed by atoms with Gasteiger partial charge in [-0.3, -0.25) is 4.79 Å². The minimum atomic E-state index is -3.72. The van der Waals surface area contributed by atoms with Gasteiger partial charge >= 0.3 is 5.97 Å². The van der Waals surface area contributed by atoms with E-state index in [1.807, 2.05) is 0 Å². The summed E-state index contributed by atoms with van der Waals surface area (Å²) in [5, 5.41) is 16.5. The van der Waals surface area contributed by atoms with Gasteiger partial charge in [-0.25, -0.2) is 13.1 Å². The molecule has 0 unspecified atom stereocenters. The van der Waals surface area contributed by atoms with E-state index < -0.39 is 21.4 Å². The summed E-state index contributed by atoms with van der Waals surface area (Å²) in [5.41, 5.74) is -0.867. The van der Waals surface area contributed by atoms with Crippen LogP contribution < -0.4 is 0 Å². The smallest absolute Gasteiger partial charge is 0.309 e. The number of aromatic nitrogens is 3. The molecule has 0 saturated carbocycles. The summed E-state index contributed by atoms with van der Waals surface area (Å²) in [6.07, 6.45) is 0.564. The van der Waals surface area contributed by atoms with Crippen molar-refractivity contribution < 1.29 is 18.3 Å². The summed E-state index contributed by atoms with van der Waals surface area (Å²) in [6, 6.07) is 0. The van der Waals surface area contributed by atoms with Crippen LogP contribution in [0.25, 0.3) is 0 Å². The third kappa shape index (κ3) is 2.47. The van der Waals surface area contributed by atoms with E-state index in [-0.39, 0.29) is 35.6 Å². The molecule has 0 amide bonds. The van der Waals surface area contributed by atoms with Crippen LogP contribution in [0.1, 0.15) is 19.8 Å². The Hall–Kier alpha value is -1.00. The zero-order chi connectivity index (χ0) is 15.1. The van der Waals surface area contributed by atoms with Crippen LogP contribution >= 0.6 is 15.9 Å². The summed E-state index contributed by atoms with van der Waals surface area (Å²) in [5.74, 6) is -0.891. The van der Waals surface area contributed by atoms with Crippen LogP contribution in [-0.4, -0.2) is 51.9 Å². The summed E-state index contributed by atoms with van der Waals surface area (Å²) in [4.78, 5) is 11.2. The Kier molecular flexibility index (Phi) is 3.91. The number of carboxylic acid groups (broad SMARTS) is 1. The fourth-order valence-corrected chi connectivity index (χ4v) is 4.63. The zero-order valence-corrected chi connectivity index (χ0v) is 13.5. The topological polar surface area (TPSA) is 105 Å². The second kappa shape index (κ2) is 5.08. The quantitative estimate of drug-likeness (QED) is 0.832. The van der Waals surface area contributed by atoms with Gasteiger partial charge in [0.25, 0.3) is 10.0 Å². The summed E-state index contributed by atoms with van der Waals surface area (Å²) >= 11 is 3.07. The van der Waals surface area contributed by atoms with Crippen molar-refractivity contribution in [3.63, 3.8) is 0 Å². The van der Waals surface area contributed by atoms with Gasteiger partial charge in [-0.1, -0.05) is 5.21 Å². The van der Waals surface area contributed by atoms with Crippen LogP contribution in [0.4, 0.5) is 0 Å². The van der Waals surface area contributed by atoms with Crippen LogP contribution in [0.5, 0.6) is 0 Å². The first-order chi connectivity index (χ1) is 9.18. The predicted octanol–water partition coefficient (Wildman–Crippen LogP) is 0.453. The summed E-state index contributed by atoms with van der Waals surface area (Å²) in [7, 11) is -2.23. The highest BCUT2D eigenvalue weighted by atomic mass is 79.9. The largest absolute Gasteiger partial charge is 0.481 e. The van der Waals surface area contributed by atoms with Crippen LogP contribution in [0, 0.1) is 5.41 Å². The molecule has 0 aliphatic carbocycles. The van der Waals surface area contributed by atoms with Crippen LogP contribution in [0.15, 0.2) is 9.63 Å². The number of hydrogen-bond acceptors (Lipinski definition) is 5. The fourth-order valence-electron chi connectivity index (χ4n) is 2.15. The van der Waals surface area contributed by atoms with E-state index in [4.69, 9.17) is 5.11 Å². The predicted molar refractivity (Wildman–Crippen MR) is 72.4 cm³/mol. The lowest BCUT2D eigenvalue weighted by molar-refractivity contribution is -0.150. The van der Waals surface area contributed by atoms with Gasteiger partial charge in [0.1, 0.15) is 0 Å². The number of aliphatic carboxylic acids is 1. The van der Waals surface area contributed by atoms with Crippen molar-refractivity contribution in [2.24, 2.45) is 12.5 Å². The Balaban J connectivity index is 2.25. The monoisotopic (exact) mass is 366 g/mol. The lowest BCUT2D eigenvalue weighted by Gasteiger charge is -2.35. The lowest BCUT2D eigenvalue weighted by atomic mass is 9.81. The number of nitrogens with zero attached hydrogens (tertiary/aromatic N) is 4. The molecule has 0 atom stereocenters. The zero-order valence-electron chi connectivity index (χ0n) is 11.1. The second-order valence-corrected chi connectivity index (χ2v) is 7.68. The summed E-state index contributed by atoms with van der Waals surface area (Å²) in [6.45, 7) is 1.98. The lowest BCUT2D eigenvalue weighted by Crippen LogP contribution is -2.45. The number of rotatable bonds is 3. The van der Waals surface area contributed by atoms with Gasteiger partial charge in [-0.2, -0.15) is 4.31 Å². The molecule has 1 aliphatic rings. The highest BCUT2D eigenvalue weighted by Crippen LogP contribution is 2.34. The standard InChI is InChI=1S/C10H15BrN4O4S/c1-10(9(16)17)3-5-15(6-4-10)20(18,19)8-7(11)12-13-14(8)2/h3-6H2,1-2H3,(H,16,17). The van der Waals surface area contributed by atoms with Gasteiger partial charge < -0.3 is 5.11 Å². The van der Waals surface area contributed by atoms with Crippen molar-refractivity contribution in [2.45, 2.75) is 24.8 Å². The van der Waals surface area contributed by atoms with Gasteiger partial charge in [-0.15, -0.1) is 5.10 Å². The van der Waals surface area contributed by atoms with E-state index in [2.05, 4.69) is 26.2 Å². The van der Waals surface area contributed by atoms with Gasteiger partial charge in [0.15, 0.2) is 4.60 Å². The number of carboxylic acids is 1. The molecule has 10 heteroatoms. The number of hydrogen-bond donors (Lipinski definition) is 1. The van der Waals surface area contributed by atoms with Crippen molar-refractivity contribution in [3.05, 3.63) is 4.60 Å². The maximum Gasteiger partial charge on any atom is 0.309 e. The first-order valence-electron chi connectivity index (χ1n) is 5.97. The molecule has 0 spiro atoms. The van der Waals surface area contributed by atoms with Crippen molar-refractivity contribution in [2.75, 3.05) is 13.1 Å². The molecule has 1 aromatic heterocycles. The van der Waals surface area contributed by atoms with Gasteiger partial charge in [0.2, 0.25) is 5.03 Å². The highest BCUT2D eigenvalue weighted by molar-refractivity contribution is 9.10. The van der Waals surface area contributed by atoms with E-state index in [1.54, 1.807) is 6.92 Å². The molecular formula is C10H15BrN4O4S. The van der Waals surface area contributed by atoms with E-state index in [1.165, 1.54) is 16.0 Å². The molecule has 0 radical (unpaired) electrons. The molecule has 0 bridgehead atoms. The van der Waals surface area contributed by atoms with E-state index in [0.29, 0.717) is 0 Å². The number of sulfonamides is 1. The Morgan fingerprint density at radius 2 is 1.95 bits per heavy atom. The van der Waals surface area contributed by atoms with Crippen molar-refractivity contribution >= 4 is 31.9 Å². The van der Waals surface area contributed by atoms with E-state index >= 15 is 0 Å². The van der Waals surface area contributed by atoms with E-state index in [9.17, 15) is 13.2 Å². The van der Waals surface area contributed by atoms with Crippen LogP contribution in [0.3, 0.4) is 0 Å². The van der Waals surface area contributed by atoms with Gasteiger partial charge in [-0.05, 0) is 35.7 Å². The highest BCUT2D eigenvalue weighted by Gasteiger charge is 2.41. The van der Waals surface area contributed by atoms with Crippen molar-refractivity contribution in [1.29, 1.82) is 0 Å². The molecule has 8 nitrogen and oxygen atoms in total. The third-order valence-corrected chi connectivity index (χ3v) is 6.45. The Morgan fingerprint density at radius 1 is 1.40 bits per heavy atom. The molecule has 112 valence electrons. The molecular weight excluding hydrogens is 352 g/mol. The third-order valence-electron chi connectivity index (χ3n) is 3.66. The average molecular weight is 367 g/mol. The maximum atomic E-state index is 12.5. The molecule has 1 N–H and O–H groups in total. The average Bonchev–Trinajstić information content (AvgIpc) is 2.70. The fraction of sp³-hybridized carbons (Fsp3) is 0.700. The molecule has 0 aromatic carbocycles. The number of carbonyl (C=O) groups is 1. The minimum absolute atomic E-state index is 0.0172. The SMILES string of the molecule is Cn1nnc(Br)c1S(=O)(=O)N1CCC(C)(C(=O)O)CC1. The van der Waals surface area contributed by atoms with E-state index in [0.717, 1.165) is 0 Å². The number of piperidine rings is 1.